The van der Waals surface area contributed by atoms with Crippen LogP contribution >= 0.6 is 0 Å². The average Bonchev–Trinajstić information content (AvgIpc) is 2.89. The molecule has 0 spiro atoms. The van der Waals surface area contributed by atoms with Crippen molar-refractivity contribution < 1.29 is 19.2 Å². The minimum absolute atomic E-state index is 0.00577. The van der Waals surface area contributed by atoms with E-state index >= 15 is 0 Å². The zero-order valence-electron chi connectivity index (χ0n) is 13.5. The van der Waals surface area contributed by atoms with E-state index in [0.717, 1.165) is 4.90 Å². The molecule has 0 aromatic carbocycles. The second-order valence-electron chi connectivity index (χ2n) is 5.91. The van der Waals surface area contributed by atoms with E-state index in [2.05, 4.69) is 10.1 Å². The maximum Gasteiger partial charge on any atom is 0.336 e. The average molecular weight is 342 g/mol. The third-order valence-electron chi connectivity index (χ3n) is 4.36. The number of likely N-dealkylation sites (tertiary alicyclic amines) is 1. The van der Waals surface area contributed by atoms with Gasteiger partial charge in [0, 0.05) is 24.5 Å². The van der Waals surface area contributed by atoms with Crippen LogP contribution in [0, 0.1) is 11.8 Å². The molecule has 1 aliphatic heterocycles. The molecule has 1 aromatic heterocycles. The molecule has 1 saturated heterocycles. The highest BCUT2D eigenvalue weighted by Crippen LogP contribution is 2.34. The van der Waals surface area contributed by atoms with Crippen molar-refractivity contribution >= 4 is 23.6 Å². The van der Waals surface area contributed by atoms with Crippen LogP contribution in [0.2, 0.25) is 0 Å². The second kappa shape index (κ2) is 7.25. The third kappa shape index (κ3) is 3.57. The van der Waals surface area contributed by atoms with Crippen molar-refractivity contribution in [2.75, 3.05) is 6.54 Å². The summed E-state index contributed by atoms with van der Waals surface area (Å²) >= 11 is 0. The fourth-order valence-corrected chi connectivity index (χ4v) is 3.01. The molecule has 2 atom stereocenters. The molecule has 2 amide bonds. The van der Waals surface area contributed by atoms with E-state index in [0.29, 0.717) is 18.4 Å². The fraction of sp³-hybridized carbons (Fsp3) is 0.353. The van der Waals surface area contributed by atoms with Gasteiger partial charge in [-0.3, -0.25) is 19.5 Å². The summed E-state index contributed by atoms with van der Waals surface area (Å²) in [4.78, 5) is 46.1. The zero-order chi connectivity index (χ0) is 17.8. The lowest BCUT2D eigenvalue weighted by atomic mass is 9.85. The SMILES string of the molecule is N/C(=N/OC(=O)CCN1C(=O)[C@H]2CC=CC[C@@H]2C1=O)c1ccncc1. The number of hydrogen-bond acceptors (Lipinski definition) is 6. The number of pyridine rings is 1. The predicted molar refractivity (Wildman–Crippen MR) is 87.7 cm³/mol. The number of nitrogens with two attached hydrogens (primary N) is 1. The van der Waals surface area contributed by atoms with Gasteiger partial charge in [-0.05, 0) is 25.0 Å². The smallest absolute Gasteiger partial charge is 0.336 e. The summed E-state index contributed by atoms with van der Waals surface area (Å²) < 4.78 is 0. The number of carbonyl (C=O) groups is 3. The first-order valence-electron chi connectivity index (χ1n) is 8.02. The Balaban J connectivity index is 1.53. The monoisotopic (exact) mass is 342 g/mol. The molecule has 25 heavy (non-hydrogen) atoms. The molecule has 8 heteroatoms. The summed E-state index contributed by atoms with van der Waals surface area (Å²) in [7, 11) is 0. The Kier molecular flexibility index (Phi) is 4.87. The zero-order valence-corrected chi connectivity index (χ0v) is 13.5. The molecule has 1 aromatic rings. The highest BCUT2D eigenvalue weighted by atomic mass is 16.7. The van der Waals surface area contributed by atoms with Crippen molar-refractivity contribution in [1.82, 2.24) is 9.88 Å². The van der Waals surface area contributed by atoms with Gasteiger partial charge in [0.05, 0.1) is 18.3 Å². The quantitative estimate of drug-likeness (QED) is 0.209. The molecular weight excluding hydrogens is 324 g/mol. The number of nitrogens with zero attached hydrogens (tertiary/aromatic N) is 3. The highest BCUT2D eigenvalue weighted by Gasteiger charge is 2.46. The number of fused-ring (bicyclic) bond motifs is 1. The Morgan fingerprint density at radius 1 is 1.20 bits per heavy atom. The van der Waals surface area contributed by atoms with Gasteiger partial charge in [0.15, 0.2) is 5.84 Å². The van der Waals surface area contributed by atoms with E-state index in [-0.39, 0.29) is 42.5 Å². The minimum atomic E-state index is -0.661. The van der Waals surface area contributed by atoms with E-state index in [1.807, 2.05) is 12.2 Å². The van der Waals surface area contributed by atoms with Gasteiger partial charge in [0.25, 0.3) is 0 Å². The van der Waals surface area contributed by atoms with Gasteiger partial charge in [0.2, 0.25) is 11.8 Å². The molecule has 2 N–H and O–H groups in total. The van der Waals surface area contributed by atoms with Gasteiger partial charge in [-0.2, -0.15) is 0 Å². The van der Waals surface area contributed by atoms with E-state index in [1.54, 1.807) is 24.5 Å². The second-order valence-corrected chi connectivity index (χ2v) is 5.91. The standard InChI is InChI=1S/C17H18N4O4/c18-15(11-5-8-19-9-6-11)20-25-14(22)7-10-21-16(23)12-3-1-2-4-13(12)17(21)24/h1-2,5-6,8-9,12-13H,3-4,7,10H2,(H2,18,20)/t12-,13-/m0/s1. The lowest BCUT2D eigenvalue weighted by molar-refractivity contribution is -0.145. The third-order valence-corrected chi connectivity index (χ3v) is 4.36. The minimum Gasteiger partial charge on any atom is -0.380 e. The summed E-state index contributed by atoms with van der Waals surface area (Å²) in [6.07, 6.45) is 7.93. The Morgan fingerprint density at radius 3 is 2.40 bits per heavy atom. The van der Waals surface area contributed by atoms with Crippen LogP contribution in [0.3, 0.4) is 0 Å². The van der Waals surface area contributed by atoms with Crippen LogP contribution in [0.1, 0.15) is 24.8 Å². The van der Waals surface area contributed by atoms with Crippen molar-refractivity contribution in [1.29, 1.82) is 0 Å². The van der Waals surface area contributed by atoms with Crippen LogP contribution in [0.25, 0.3) is 0 Å². The predicted octanol–water partition coefficient (Wildman–Crippen LogP) is 0.586. The number of aromatic nitrogens is 1. The van der Waals surface area contributed by atoms with Crippen LogP contribution in [0.15, 0.2) is 41.8 Å². The summed E-state index contributed by atoms with van der Waals surface area (Å²) in [5.74, 6) is -1.64. The fourth-order valence-electron chi connectivity index (χ4n) is 3.01. The molecule has 0 unspecified atom stereocenters. The van der Waals surface area contributed by atoms with E-state index in [4.69, 9.17) is 10.6 Å². The van der Waals surface area contributed by atoms with E-state index < -0.39 is 5.97 Å². The molecule has 0 bridgehead atoms. The number of hydrogen-bond donors (Lipinski definition) is 1. The number of allylic oxidation sites excluding steroid dienone is 2. The molecule has 2 aliphatic rings. The topological polar surface area (TPSA) is 115 Å². The van der Waals surface area contributed by atoms with Crippen LogP contribution < -0.4 is 5.73 Å². The Bertz CT molecular complexity index is 718. The summed E-state index contributed by atoms with van der Waals surface area (Å²) in [5, 5.41) is 3.57. The van der Waals surface area contributed by atoms with Crippen LogP contribution in [0.4, 0.5) is 0 Å². The summed E-state index contributed by atoms with van der Waals surface area (Å²) in [5.41, 5.74) is 6.28. The molecule has 3 rings (SSSR count). The largest absolute Gasteiger partial charge is 0.380 e. The van der Waals surface area contributed by atoms with Crippen molar-refractivity contribution in [2.24, 2.45) is 22.7 Å². The van der Waals surface area contributed by atoms with E-state index in [1.165, 1.54) is 0 Å². The first kappa shape index (κ1) is 16.8. The van der Waals surface area contributed by atoms with Gasteiger partial charge in [-0.15, -0.1) is 0 Å². The van der Waals surface area contributed by atoms with E-state index in [9.17, 15) is 14.4 Å². The Hall–Kier alpha value is -3.03. The van der Waals surface area contributed by atoms with Crippen molar-refractivity contribution in [2.45, 2.75) is 19.3 Å². The Labute approximate surface area is 144 Å². The highest BCUT2D eigenvalue weighted by molar-refractivity contribution is 6.05. The lowest BCUT2D eigenvalue weighted by Crippen LogP contribution is -2.33. The first-order chi connectivity index (χ1) is 12.1. The molecule has 1 fully saturated rings. The molecule has 130 valence electrons. The number of imide groups is 1. The van der Waals surface area contributed by atoms with Crippen LogP contribution in [-0.4, -0.2) is 40.0 Å². The van der Waals surface area contributed by atoms with Crippen LogP contribution in [0.5, 0.6) is 0 Å². The van der Waals surface area contributed by atoms with Crippen LogP contribution in [-0.2, 0) is 19.2 Å². The maximum atomic E-state index is 12.3. The molecule has 1 aliphatic carbocycles. The lowest BCUT2D eigenvalue weighted by Gasteiger charge is -2.14. The Morgan fingerprint density at radius 2 is 1.80 bits per heavy atom. The van der Waals surface area contributed by atoms with Crippen molar-refractivity contribution in [3.63, 3.8) is 0 Å². The van der Waals surface area contributed by atoms with Gasteiger partial charge >= 0.3 is 5.97 Å². The molecule has 0 saturated carbocycles. The first-order valence-corrected chi connectivity index (χ1v) is 8.02. The summed E-state index contributed by atoms with van der Waals surface area (Å²) in [6, 6.07) is 3.26. The molecule has 0 radical (unpaired) electrons. The molecule has 2 heterocycles. The number of oxime groups is 1. The number of carbonyl (C=O) groups excluding carboxylic acids is 3. The van der Waals surface area contributed by atoms with Crippen molar-refractivity contribution in [3.05, 3.63) is 42.2 Å². The van der Waals surface area contributed by atoms with Gasteiger partial charge in [0.1, 0.15) is 0 Å². The number of amides is 2. The molecular formula is C17H18N4O4. The maximum absolute atomic E-state index is 12.3. The number of amidine groups is 1. The molecule has 8 nitrogen and oxygen atoms in total. The summed E-state index contributed by atoms with van der Waals surface area (Å²) in [6.45, 7) is -0.00577. The van der Waals surface area contributed by atoms with Crippen molar-refractivity contribution in [3.8, 4) is 0 Å². The van der Waals surface area contributed by atoms with Gasteiger partial charge in [-0.1, -0.05) is 17.3 Å². The van der Waals surface area contributed by atoms with Gasteiger partial charge in [-0.25, -0.2) is 4.79 Å². The van der Waals surface area contributed by atoms with Gasteiger partial charge < -0.3 is 10.6 Å². The number of rotatable bonds is 5. The normalized spacial score (nSPS) is 22.9.